The molecule has 0 aliphatic carbocycles. The molecular weight excluding hydrogens is 296 g/mol. The standard InChI is InChI=1S/C13H10N2O3S2/c1-8-4-10(15-18-8)5-17-13(16)11-7-20-12(14-11)9-2-3-19-6-9/h2-4,6-7H,5H2,1H3. The lowest BCUT2D eigenvalue weighted by molar-refractivity contribution is 0.0458. The van der Waals surface area contributed by atoms with Crippen molar-refractivity contribution in [3.8, 4) is 10.6 Å². The number of esters is 1. The summed E-state index contributed by atoms with van der Waals surface area (Å²) in [6.45, 7) is 1.87. The second-order valence-electron chi connectivity index (χ2n) is 4.05. The summed E-state index contributed by atoms with van der Waals surface area (Å²) in [5, 5.41) is 10.2. The van der Waals surface area contributed by atoms with E-state index in [4.69, 9.17) is 9.26 Å². The Kier molecular flexibility index (Phi) is 3.62. The van der Waals surface area contributed by atoms with E-state index in [0.717, 1.165) is 10.6 Å². The maximum absolute atomic E-state index is 11.9. The number of carbonyl (C=O) groups is 1. The molecular formula is C13H10N2O3S2. The van der Waals surface area contributed by atoms with E-state index in [0.29, 0.717) is 17.1 Å². The third kappa shape index (κ3) is 2.78. The molecule has 0 unspecified atom stereocenters. The van der Waals surface area contributed by atoms with Crippen LogP contribution < -0.4 is 0 Å². The molecule has 20 heavy (non-hydrogen) atoms. The van der Waals surface area contributed by atoms with Crippen molar-refractivity contribution in [1.82, 2.24) is 10.1 Å². The molecule has 7 heteroatoms. The molecule has 0 saturated heterocycles. The van der Waals surface area contributed by atoms with Crippen LogP contribution in [0.2, 0.25) is 0 Å². The van der Waals surface area contributed by atoms with Gasteiger partial charge in [0, 0.05) is 22.4 Å². The number of hydrogen-bond donors (Lipinski definition) is 0. The molecule has 102 valence electrons. The van der Waals surface area contributed by atoms with Crippen molar-refractivity contribution in [1.29, 1.82) is 0 Å². The highest BCUT2D eigenvalue weighted by atomic mass is 32.1. The lowest BCUT2D eigenvalue weighted by Crippen LogP contribution is -2.05. The zero-order valence-corrected chi connectivity index (χ0v) is 12.2. The number of ether oxygens (including phenoxy) is 1. The van der Waals surface area contributed by atoms with Crippen LogP contribution in [0.25, 0.3) is 10.6 Å². The zero-order valence-electron chi connectivity index (χ0n) is 10.5. The topological polar surface area (TPSA) is 65.2 Å². The number of aromatic nitrogens is 2. The van der Waals surface area contributed by atoms with Crippen LogP contribution in [0.4, 0.5) is 0 Å². The second kappa shape index (κ2) is 5.56. The quantitative estimate of drug-likeness (QED) is 0.690. The van der Waals surface area contributed by atoms with Gasteiger partial charge in [0.2, 0.25) is 0 Å². The van der Waals surface area contributed by atoms with Crippen molar-refractivity contribution < 1.29 is 14.1 Å². The molecule has 0 N–H and O–H groups in total. The highest BCUT2D eigenvalue weighted by molar-refractivity contribution is 7.14. The molecule has 0 atom stereocenters. The minimum Gasteiger partial charge on any atom is -0.454 e. The van der Waals surface area contributed by atoms with Gasteiger partial charge in [-0.05, 0) is 18.4 Å². The highest BCUT2D eigenvalue weighted by Crippen LogP contribution is 2.25. The van der Waals surface area contributed by atoms with E-state index in [1.54, 1.807) is 29.7 Å². The number of thiazole rings is 1. The van der Waals surface area contributed by atoms with Gasteiger partial charge in [-0.2, -0.15) is 11.3 Å². The molecule has 3 rings (SSSR count). The van der Waals surface area contributed by atoms with Crippen LogP contribution in [0.1, 0.15) is 21.9 Å². The molecule has 3 aromatic heterocycles. The lowest BCUT2D eigenvalue weighted by Gasteiger charge is -1.98. The fraction of sp³-hybridized carbons (Fsp3) is 0.154. The van der Waals surface area contributed by atoms with Crippen molar-refractivity contribution in [2.24, 2.45) is 0 Å². The van der Waals surface area contributed by atoms with Gasteiger partial charge >= 0.3 is 5.97 Å². The zero-order chi connectivity index (χ0) is 13.9. The number of carbonyl (C=O) groups excluding carboxylic acids is 1. The van der Waals surface area contributed by atoms with Crippen LogP contribution in [0.15, 0.2) is 32.8 Å². The smallest absolute Gasteiger partial charge is 0.358 e. The van der Waals surface area contributed by atoms with Crippen LogP contribution in [-0.4, -0.2) is 16.1 Å². The molecule has 0 saturated carbocycles. The molecule has 0 bridgehead atoms. The van der Waals surface area contributed by atoms with E-state index in [1.165, 1.54) is 11.3 Å². The largest absolute Gasteiger partial charge is 0.454 e. The minimum absolute atomic E-state index is 0.0848. The van der Waals surface area contributed by atoms with Crippen LogP contribution in [0.5, 0.6) is 0 Å². The van der Waals surface area contributed by atoms with E-state index in [9.17, 15) is 4.79 Å². The predicted molar refractivity (Wildman–Crippen MR) is 75.8 cm³/mol. The van der Waals surface area contributed by atoms with Gasteiger partial charge in [-0.15, -0.1) is 11.3 Å². The van der Waals surface area contributed by atoms with Crippen LogP contribution in [-0.2, 0) is 11.3 Å². The van der Waals surface area contributed by atoms with Gasteiger partial charge in [-0.3, -0.25) is 0 Å². The molecule has 3 heterocycles. The van der Waals surface area contributed by atoms with Crippen molar-refractivity contribution >= 4 is 28.6 Å². The Morgan fingerprint density at radius 3 is 3.05 bits per heavy atom. The van der Waals surface area contributed by atoms with Crippen molar-refractivity contribution in [3.63, 3.8) is 0 Å². The first kappa shape index (κ1) is 13.0. The molecule has 0 aliphatic rings. The fourth-order valence-corrected chi connectivity index (χ4v) is 3.09. The number of aryl methyl sites for hydroxylation is 1. The Labute approximate surface area is 122 Å². The summed E-state index contributed by atoms with van der Waals surface area (Å²) in [6, 6.07) is 3.70. The number of thiophene rings is 1. The van der Waals surface area contributed by atoms with Crippen LogP contribution in [0.3, 0.4) is 0 Å². The molecule has 0 amide bonds. The van der Waals surface area contributed by atoms with Crippen molar-refractivity contribution in [3.05, 3.63) is 45.4 Å². The van der Waals surface area contributed by atoms with Crippen LogP contribution in [0, 0.1) is 6.92 Å². The fourth-order valence-electron chi connectivity index (χ4n) is 1.59. The van der Waals surface area contributed by atoms with E-state index in [2.05, 4.69) is 10.1 Å². The maximum atomic E-state index is 11.9. The normalized spacial score (nSPS) is 10.7. The summed E-state index contributed by atoms with van der Waals surface area (Å²) in [5.74, 6) is 0.229. The number of rotatable bonds is 4. The van der Waals surface area contributed by atoms with E-state index < -0.39 is 5.97 Å². The number of hydrogen-bond acceptors (Lipinski definition) is 7. The monoisotopic (exact) mass is 306 g/mol. The van der Waals surface area contributed by atoms with Gasteiger partial charge in [0.25, 0.3) is 0 Å². The summed E-state index contributed by atoms with van der Waals surface area (Å²) in [4.78, 5) is 16.2. The van der Waals surface area contributed by atoms with E-state index in [1.807, 2.05) is 16.8 Å². The third-order valence-corrected chi connectivity index (χ3v) is 4.08. The summed E-state index contributed by atoms with van der Waals surface area (Å²) in [7, 11) is 0. The molecule has 0 fully saturated rings. The van der Waals surface area contributed by atoms with Gasteiger partial charge < -0.3 is 9.26 Å². The lowest BCUT2D eigenvalue weighted by atomic mass is 10.3. The third-order valence-electron chi connectivity index (χ3n) is 2.51. The predicted octanol–water partition coefficient (Wildman–Crippen LogP) is 3.53. The Morgan fingerprint density at radius 2 is 2.35 bits per heavy atom. The number of nitrogens with zero attached hydrogens (tertiary/aromatic N) is 2. The summed E-state index contributed by atoms with van der Waals surface area (Å²) in [5.41, 5.74) is 1.92. The Hall–Kier alpha value is -1.99. The summed E-state index contributed by atoms with van der Waals surface area (Å²) >= 11 is 3.02. The van der Waals surface area contributed by atoms with Gasteiger partial charge in [-0.1, -0.05) is 5.16 Å². The Balaban J connectivity index is 1.65. The highest BCUT2D eigenvalue weighted by Gasteiger charge is 2.14. The van der Waals surface area contributed by atoms with E-state index in [-0.39, 0.29) is 6.61 Å². The Morgan fingerprint density at radius 1 is 1.45 bits per heavy atom. The molecule has 0 aromatic carbocycles. The van der Waals surface area contributed by atoms with Crippen molar-refractivity contribution in [2.75, 3.05) is 0 Å². The first-order valence-electron chi connectivity index (χ1n) is 5.80. The molecule has 0 spiro atoms. The van der Waals surface area contributed by atoms with Crippen molar-refractivity contribution in [2.45, 2.75) is 13.5 Å². The van der Waals surface area contributed by atoms with Gasteiger partial charge in [-0.25, -0.2) is 9.78 Å². The molecule has 0 radical (unpaired) electrons. The second-order valence-corrected chi connectivity index (χ2v) is 5.69. The molecule has 5 nitrogen and oxygen atoms in total. The SMILES string of the molecule is Cc1cc(COC(=O)c2csc(-c3ccsc3)n2)no1. The maximum Gasteiger partial charge on any atom is 0.358 e. The average Bonchev–Trinajstić information content (AvgIpc) is 3.16. The average molecular weight is 306 g/mol. The summed E-state index contributed by atoms with van der Waals surface area (Å²) < 4.78 is 10.0. The Bertz CT molecular complexity index is 716. The first-order valence-corrected chi connectivity index (χ1v) is 7.62. The first-order chi connectivity index (χ1) is 9.72. The van der Waals surface area contributed by atoms with Crippen LogP contribution >= 0.6 is 22.7 Å². The van der Waals surface area contributed by atoms with Gasteiger partial charge in [0.1, 0.15) is 23.1 Å². The van der Waals surface area contributed by atoms with Gasteiger partial charge in [0.15, 0.2) is 5.69 Å². The van der Waals surface area contributed by atoms with Gasteiger partial charge in [0.05, 0.1) is 0 Å². The minimum atomic E-state index is -0.455. The van der Waals surface area contributed by atoms with E-state index >= 15 is 0 Å². The summed E-state index contributed by atoms with van der Waals surface area (Å²) in [6.07, 6.45) is 0. The molecule has 3 aromatic rings. The molecule has 0 aliphatic heterocycles.